The lowest BCUT2D eigenvalue weighted by atomic mass is 10.2. The van der Waals surface area contributed by atoms with Crippen LogP contribution in [0.15, 0.2) is 65.1 Å². The first-order valence-corrected chi connectivity index (χ1v) is 6.79. The molecule has 0 bridgehead atoms. The Balaban J connectivity index is 1.56. The van der Waals surface area contributed by atoms with Gasteiger partial charge in [-0.1, -0.05) is 36.4 Å². The van der Waals surface area contributed by atoms with Crippen LogP contribution >= 0.6 is 0 Å². The van der Waals surface area contributed by atoms with E-state index in [2.05, 4.69) is 20.8 Å². The van der Waals surface area contributed by atoms with Crippen LogP contribution in [-0.2, 0) is 6.54 Å². The van der Waals surface area contributed by atoms with Crippen molar-refractivity contribution in [3.05, 3.63) is 66.6 Å². The number of aromatic nitrogens is 2. The number of para-hydroxylation sites is 1. The molecule has 0 spiro atoms. The van der Waals surface area contributed by atoms with Crippen molar-refractivity contribution in [2.24, 2.45) is 0 Å². The maximum Gasteiger partial charge on any atom is 0.319 e. The second kappa shape index (κ2) is 6.53. The summed E-state index contributed by atoms with van der Waals surface area (Å²) in [4.78, 5) is 11.8. The fourth-order valence-corrected chi connectivity index (χ4v) is 1.88. The number of rotatable bonds is 4. The van der Waals surface area contributed by atoms with Crippen LogP contribution < -0.4 is 10.6 Å². The Morgan fingerprint density at radius 1 is 0.955 bits per heavy atom. The molecule has 0 aliphatic heterocycles. The van der Waals surface area contributed by atoms with Gasteiger partial charge in [0.1, 0.15) is 0 Å². The molecule has 0 atom stereocenters. The molecular formula is C16H14N4O2. The third kappa shape index (κ3) is 3.49. The van der Waals surface area contributed by atoms with Crippen LogP contribution in [-0.4, -0.2) is 16.2 Å². The number of amides is 2. The monoisotopic (exact) mass is 294 g/mol. The smallest absolute Gasteiger partial charge is 0.319 e. The molecule has 22 heavy (non-hydrogen) atoms. The van der Waals surface area contributed by atoms with E-state index in [1.165, 1.54) is 0 Å². The Kier molecular flexibility index (Phi) is 4.10. The number of carbonyl (C=O) groups excluding carboxylic acids is 1. The minimum absolute atomic E-state index is 0.165. The van der Waals surface area contributed by atoms with Gasteiger partial charge in [-0.15, -0.1) is 10.2 Å². The molecule has 6 heteroatoms. The maximum atomic E-state index is 11.8. The van der Waals surface area contributed by atoms with Gasteiger partial charge in [0.15, 0.2) is 0 Å². The summed E-state index contributed by atoms with van der Waals surface area (Å²) in [6.07, 6.45) is 0. The summed E-state index contributed by atoms with van der Waals surface area (Å²) >= 11 is 0. The van der Waals surface area contributed by atoms with Crippen molar-refractivity contribution in [2.75, 3.05) is 5.32 Å². The van der Waals surface area contributed by atoms with Crippen molar-refractivity contribution in [3.63, 3.8) is 0 Å². The largest absolute Gasteiger partial charge is 0.419 e. The highest BCUT2D eigenvalue weighted by atomic mass is 16.4. The summed E-state index contributed by atoms with van der Waals surface area (Å²) in [6.45, 7) is 0.165. The van der Waals surface area contributed by atoms with Crippen LogP contribution in [0, 0.1) is 0 Å². The molecule has 0 aliphatic rings. The predicted octanol–water partition coefficient (Wildman–Crippen LogP) is 3.06. The quantitative estimate of drug-likeness (QED) is 0.775. The van der Waals surface area contributed by atoms with E-state index >= 15 is 0 Å². The van der Waals surface area contributed by atoms with Gasteiger partial charge in [-0.2, -0.15) is 0 Å². The molecule has 0 unspecified atom stereocenters. The molecule has 6 nitrogen and oxygen atoms in total. The lowest BCUT2D eigenvalue weighted by molar-refractivity contribution is 0.250. The fourth-order valence-electron chi connectivity index (χ4n) is 1.88. The van der Waals surface area contributed by atoms with E-state index in [0.717, 1.165) is 11.3 Å². The standard InChI is InChI=1S/C16H14N4O2/c21-16(18-13-9-5-2-6-10-13)17-11-14-19-20-15(22-14)12-7-3-1-4-8-12/h1-10H,11H2,(H2,17,18,21). The highest BCUT2D eigenvalue weighted by Gasteiger charge is 2.09. The molecule has 2 N–H and O–H groups in total. The zero-order chi connectivity index (χ0) is 15.2. The van der Waals surface area contributed by atoms with Crippen molar-refractivity contribution in [2.45, 2.75) is 6.54 Å². The summed E-state index contributed by atoms with van der Waals surface area (Å²) < 4.78 is 5.51. The number of hydrogen-bond donors (Lipinski definition) is 2. The van der Waals surface area contributed by atoms with E-state index in [1.807, 2.05) is 48.5 Å². The van der Waals surface area contributed by atoms with E-state index in [4.69, 9.17) is 4.42 Å². The molecule has 1 aromatic heterocycles. The zero-order valence-electron chi connectivity index (χ0n) is 11.7. The molecule has 3 aromatic rings. The second-order valence-electron chi connectivity index (χ2n) is 4.54. The molecule has 3 rings (SSSR count). The summed E-state index contributed by atoms with van der Waals surface area (Å²) in [5.74, 6) is 0.780. The summed E-state index contributed by atoms with van der Waals surface area (Å²) in [6, 6.07) is 18.3. The fraction of sp³-hybridized carbons (Fsp3) is 0.0625. The summed E-state index contributed by atoms with van der Waals surface area (Å²) in [5.41, 5.74) is 1.56. The van der Waals surface area contributed by atoms with Gasteiger partial charge in [0.2, 0.25) is 11.8 Å². The normalized spacial score (nSPS) is 10.2. The van der Waals surface area contributed by atoms with Gasteiger partial charge in [0, 0.05) is 11.3 Å². The van der Waals surface area contributed by atoms with E-state index in [9.17, 15) is 4.79 Å². The number of nitrogens with zero attached hydrogens (tertiary/aromatic N) is 2. The average molecular weight is 294 g/mol. The summed E-state index contributed by atoms with van der Waals surface area (Å²) in [5, 5.41) is 13.2. The number of nitrogens with one attached hydrogen (secondary N) is 2. The van der Waals surface area contributed by atoms with Crippen molar-refractivity contribution >= 4 is 11.7 Å². The van der Waals surface area contributed by atoms with E-state index in [0.29, 0.717) is 11.8 Å². The van der Waals surface area contributed by atoms with Crippen molar-refractivity contribution < 1.29 is 9.21 Å². The zero-order valence-corrected chi connectivity index (χ0v) is 11.7. The van der Waals surface area contributed by atoms with Crippen molar-refractivity contribution in [3.8, 4) is 11.5 Å². The first-order chi connectivity index (χ1) is 10.8. The molecule has 0 aliphatic carbocycles. The minimum atomic E-state index is -0.328. The minimum Gasteiger partial charge on any atom is -0.419 e. The van der Waals surface area contributed by atoms with E-state index in [-0.39, 0.29) is 12.6 Å². The van der Waals surface area contributed by atoms with Crippen LogP contribution in [0.5, 0.6) is 0 Å². The second-order valence-corrected chi connectivity index (χ2v) is 4.54. The SMILES string of the molecule is O=C(NCc1nnc(-c2ccccc2)o1)Nc1ccccc1. The number of benzene rings is 2. The Hall–Kier alpha value is -3.15. The van der Waals surface area contributed by atoms with Crippen LogP contribution in [0.25, 0.3) is 11.5 Å². The molecule has 1 heterocycles. The summed E-state index contributed by atoms with van der Waals surface area (Å²) in [7, 11) is 0. The van der Waals surface area contributed by atoms with Gasteiger partial charge in [0.05, 0.1) is 6.54 Å². The van der Waals surface area contributed by atoms with Gasteiger partial charge in [-0.05, 0) is 24.3 Å². The maximum absolute atomic E-state index is 11.8. The predicted molar refractivity (Wildman–Crippen MR) is 82.0 cm³/mol. The Bertz CT molecular complexity index is 741. The van der Waals surface area contributed by atoms with Gasteiger partial charge in [-0.3, -0.25) is 0 Å². The lowest BCUT2D eigenvalue weighted by Crippen LogP contribution is -2.28. The van der Waals surface area contributed by atoms with Crippen molar-refractivity contribution in [1.82, 2.24) is 15.5 Å². The molecular weight excluding hydrogens is 280 g/mol. The molecule has 2 amide bonds. The Morgan fingerprint density at radius 3 is 2.36 bits per heavy atom. The third-order valence-corrected chi connectivity index (χ3v) is 2.92. The van der Waals surface area contributed by atoms with Gasteiger partial charge >= 0.3 is 6.03 Å². The Labute approximate surface area is 127 Å². The van der Waals surface area contributed by atoms with Crippen molar-refractivity contribution in [1.29, 1.82) is 0 Å². The van der Waals surface area contributed by atoms with E-state index in [1.54, 1.807) is 12.1 Å². The molecule has 2 aromatic carbocycles. The molecule has 0 radical (unpaired) electrons. The highest BCUT2D eigenvalue weighted by molar-refractivity contribution is 5.89. The number of urea groups is 1. The first kappa shape index (κ1) is 13.8. The van der Waals surface area contributed by atoms with Crippen LogP contribution in [0.4, 0.5) is 10.5 Å². The van der Waals surface area contributed by atoms with Crippen LogP contribution in [0.1, 0.15) is 5.89 Å². The lowest BCUT2D eigenvalue weighted by Gasteiger charge is -2.05. The van der Waals surface area contributed by atoms with Gasteiger partial charge in [-0.25, -0.2) is 4.79 Å². The number of hydrogen-bond acceptors (Lipinski definition) is 4. The Morgan fingerprint density at radius 2 is 1.64 bits per heavy atom. The molecule has 0 saturated heterocycles. The van der Waals surface area contributed by atoms with Gasteiger partial charge < -0.3 is 15.1 Å². The van der Waals surface area contributed by atoms with Gasteiger partial charge in [0.25, 0.3) is 0 Å². The average Bonchev–Trinajstić information content (AvgIpc) is 3.04. The highest BCUT2D eigenvalue weighted by Crippen LogP contribution is 2.16. The number of anilines is 1. The molecule has 0 saturated carbocycles. The first-order valence-electron chi connectivity index (χ1n) is 6.79. The third-order valence-electron chi connectivity index (χ3n) is 2.92. The molecule has 0 fully saturated rings. The molecule has 110 valence electrons. The van der Waals surface area contributed by atoms with Crippen LogP contribution in [0.2, 0.25) is 0 Å². The van der Waals surface area contributed by atoms with E-state index < -0.39 is 0 Å². The van der Waals surface area contributed by atoms with Crippen LogP contribution in [0.3, 0.4) is 0 Å². The topological polar surface area (TPSA) is 80.1 Å². The number of carbonyl (C=O) groups is 1.